The van der Waals surface area contributed by atoms with E-state index in [0.717, 1.165) is 27.4 Å². The van der Waals surface area contributed by atoms with Crippen molar-refractivity contribution >= 4 is 28.4 Å². The number of rotatable bonds is 5. The standard InChI is InChI=1S/C19H22N4OS/c1-23-18(13-7-3-2-4-8-13)21-22-19(23)25-12-17(24)15-11-20-16-10-6-5-9-14(15)16/h5-6,9-11,13,20H,2-4,7-8,12H2,1H3. The summed E-state index contributed by atoms with van der Waals surface area (Å²) in [6.07, 6.45) is 8.08. The molecule has 0 amide bonds. The Morgan fingerprint density at radius 3 is 2.88 bits per heavy atom. The number of carbonyl (C=O) groups excluding carboxylic acids is 1. The van der Waals surface area contributed by atoms with E-state index in [4.69, 9.17) is 0 Å². The molecule has 0 atom stereocenters. The number of nitrogens with zero attached hydrogens (tertiary/aromatic N) is 3. The van der Waals surface area contributed by atoms with Crippen LogP contribution in [0.1, 0.15) is 54.2 Å². The van der Waals surface area contributed by atoms with E-state index in [2.05, 4.69) is 19.7 Å². The first kappa shape index (κ1) is 16.4. The SMILES string of the molecule is Cn1c(SCC(=O)c2c[nH]c3ccccc23)nnc1C1CCCCC1. The summed E-state index contributed by atoms with van der Waals surface area (Å²) >= 11 is 1.47. The molecule has 1 N–H and O–H groups in total. The third-order valence-electron chi connectivity index (χ3n) is 5.06. The van der Waals surface area contributed by atoms with E-state index in [0.29, 0.717) is 11.7 Å². The van der Waals surface area contributed by atoms with Crippen molar-refractivity contribution in [2.45, 2.75) is 43.2 Å². The fourth-order valence-electron chi connectivity index (χ4n) is 3.68. The number of Topliss-reactive ketones (excluding diaryl/α,β-unsaturated/α-hetero) is 1. The van der Waals surface area contributed by atoms with Crippen LogP contribution in [0.4, 0.5) is 0 Å². The number of thioether (sulfide) groups is 1. The van der Waals surface area contributed by atoms with E-state index in [1.165, 1.54) is 43.9 Å². The summed E-state index contributed by atoms with van der Waals surface area (Å²) in [6.45, 7) is 0. The quantitative estimate of drug-likeness (QED) is 0.547. The van der Waals surface area contributed by atoms with Gasteiger partial charge in [-0.25, -0.2) is 0 Å². The monoisotopic (exact) mass is 354 g/mol. The zero-order valence-corrected chi connectivity index (χ0v) is 15.2. The van der Waals surface area contributed by atoms with Crippen molar-refractivity contribution in [3.8, 4) is 0 Å². The normalized spacial score (nSPS) is 15.7. The van der Waals surface area contributed by atoms with Gasteiger partial charge in [0.15, 0.2) is 10.9 Å². The van der Waals surface area contributed by atoms with Gasteiger partial charge in [0.25, 0.3) is 0 Å². The van der Waals surface area contributed by atoms with Gasteiger partial charge in [-0.1, -0.05) is 49.2 Å². The lowest BCUT2D eigenvalue weighted by Crippen LogP contribution is -2.10. The van der Waals surface area contributed by atoms with Crippen molar-refractivity contribution in [3.05, 3.63) is 41.9 Å². The molecule has 5 nitrogen and oxygen atoms in total. The number of para-hydroxylation sites is 1. The first-order valence-electron chi connectivity index (χ1n) is 8.85. The van der Waals surface area contributed by atoms with Crippen LogP contribution in [0, 0.1) is 0 Å². The molecule has 4 rings (SSSR count). The highest BCUT2D eigenvalue weighted by Gasteiger charge is 2.22. The number of carbonyl (C=O) groups is 1. The van der Waals surface area contributed by atoms with Crippen molar-refractivity contribution in [1.29, 1.82) is 0 Å². The number of hydrogen-bond donors (Lipinski definition) is 1. The van der Waals surface area contributed by atoms with Crippen LogP contribution in [0.5, 0.6) is 0 Å². The van der Waals surface area contributed by atoms with Gasteiger partial charge >= 0.3 is 0 Å². The summed E-state index contributed by atoms with van der Waals surface area (Å²) in [5.74, 6) is 2.08. The van der Waals surface area contributed by atoms with Crippen LogP contribution in [0.3, 0.4) is 0 Å². The van der Waals surface area contributed by atoms with E-state index in [1.807, 2.05) is 31.3 Å². The number of H-pyrrole nitrogens is 1. The number of ketones is 1. The lowest BCUT2D eigenvalue weighted by Gasteiger charge is -2.20. The summed E-state index contributed by atoms with van der Waals surface area (Å²) in [6, 6.07) is 7.89. The Morgan fingerprint density at radius 1 is 1.24 bits per heavy atom. The average molecular weight is 354 g/mol. The molecule has 1 fully saturated rings. The molecule has 0 radical (unpaired) electrons. The second-order valence-corrected chi connectivity index (χ2v) is 7.64. The van der Waals surface area contributed by atoms with Crippen molar-refractivity contribution < 1.29 is 4.79 Å². The average Bonchev–Trinajstić information content (AvgIpc) is 3.24. The van der Waals surface area contributed by atoms with Crippen LogP contribution in [0.25, 0.3) is 10.9 Å². The van der Waals surface area contributed by atoms with Crippen molar-refractivity contribution in [3.63, 3.8) is 0 Å². The van der Waals surface area contributed by atoms with Crippen LogP contribution in [0.15, 0.2) is 35.6 Å². The van der Waals surface area contributed by atoms with Crippen molar-refractivity contribution in [2.75, 3.05) is 5.75 Å². The molecule has 1 saturated carbocycles. The highest BCUT2D eigenvalue weighted by Crippen LogP contribution is 2.32. The Morgan fingerprint density at radius 2 is 2.04 bits per heavy atom. The van der Waals surface area contributed by atoms with Crippen LogP contribution >= 0.6 is 11.8 Å². The molecule has 2 aromatic heterocycles. The maximum atomic E-state index is 12.6. The van der Waals surface area contributed by atoms with E-state index >= 15 is 0 Å². The lowest BCUT2D eigenvalue weighted by atomic mass is 9.89. The first-order chi connectivity index (χ1) is 12.2. The molecular weight excluding hydrogens is 332 g/mol. The third kappa shape index (κ3) is 3.23. The van der Waals surface area contributed by atoms with Gasteiger partial charge in [0.2, 0.25) is 0 Å². The topological polar surface area (TPSA) is 63.6 Å². The maximum Gasteiger partial charge on any atom is 0.191 e. The van der Waals surface area contributed by atoms with E-state index in [1.54, 1.807) is 6.20 Å². The Hall–Kier alpha value is -2.08. The largest absolute Gasteiger partial charge is 0.360 e. The predicted octanol–water partition coefficient (Wildman–Crippen LogP) is 4.32. The van der Waals surface area contributed by atoms with Crippen molar-refractivity contribution in [2.24, 2.45) is 7.05 Å². The van der Waals surface area contributed by atoms with E-state index in [-0.39, 0.29) is 5.78 Å². The molecule has 1 aromatic carbocycles. The molecule has 130 valence electrons. The number of aromatic nitrogens is 4. The fourth-order valence-corrected chi connectivity index (χ4v) is 4.48. The number of hydrogen-bond acceptors (Lipinski definition) is 4. The zero-order valence-electron chi connectivity index (χ0n) is 14.4. The molecule has 6 heteroatoms. The molecule has 3 aromatic rings. The predicted molar refractivity (Wildman–Crippen MR) is 100 cm³/mol. The highest BCUT2D eigenvalue weighted by molar-refractivity contribution is 7.99. The minimum atomic E-state index is 0.115. The smallest absolute Gasteiger partial charge is 0.191 e. The zero-order chi connectivity index (χ0) is 17.2. The molecule has 0 spiro atoms. The van der Waals surface area contributed by atoms with Crippen LogP contribution in [0.2, 0.25) is 0 Å². The van der Waals surface area contributed by atoms with E-state index in [9.17, 15) is 4.79 Å². The van der Waals surface area contributed by atoms with Gasteiger partial charge in [0.05, 0.1) is 5.75 Å². The summed E-state index contributed by atoms with van der Waals surface area (Å²) < 4.78 is 2.07. The third-order valence-corrected chi connectivity index (χ3v) is 6.08. The summed E-state index contributed by atoms with van der Waals surface area (Å²) in [7, 11) is 2.02. The number of benzene rings is 1. The van der Waals surface area contributed by atoms with Crippen LogP contribution in [-0.4, -0.2) is 31.3 Å². The number of aromatic amines is 1. The molecule has 0 saturated heterocycles. The van der Waals surface area contributed by atoms with Gasteiger partial charge in [-0.15, -0.1) is 10.2 Å². The Bertz CT molecular complexity index is 892. The highest BCUT2D eigenvalue weighted by atomic mass is 32.2. The molecular formula is C19H22N4OS. The van der Waals surface area contributed by atoms with Crippen LogP contribution in [-0.2, 0) is 7.05 Å². The van der Waals surface area contributed by atoms with Gasteiger partial charge in [0, 0.05) is 35.6 Å². The molecule has 0 aliphatic heterocycles. The molecule has 25 heavy (non-hydrogen) atoms. The minimum Gasteiger partial charge on any atom is -0.360 e. The molecule has 2 heterocycles. The Balaban J connectivity index is 1.46. The maximum absolute atomic E-state index is 12.6. The molecule has 1 aliphatic rings. The summed E-state index contributed by atoms with van der Waals surface area (Å²) in [5.41, 5.74) is 1.74. The Labute approximate surface area is 151 Å². The first-order valence-corrected chi connectivity index (χ1v) is 9.84. The minimum absolute atomic E-state index is 0.115. The second kappa shape index (κ2) is 7.04. The van der Waals surface area contributed by atoms with Gasteiger partial charge in [-0.3, -0.25) is 4.79 Å². The molecule has 1 aliphatic carbocycles. The van der Waals surface area contributed by atoms with Crippen LogP contribution < -0.4 is 0 Å². The summed E-state index contributed by atoms with van der Waals surface area (Å²) in [5, 5.41) is 10.5. The van der Waals surface area contributed by atoms with Gasteiger partial charge in [-0.05, 0) is 18.9 Å². The second-order valence-electron chi connectivity index (χ2n) is 6.69. The Kier molecular flexibility index (Phi) is 4.61. The number of nitrogens with one attached hydrogen (secondary N) is 1. The lowest BCUT2D eigenvalue weighted by molar-refractivity contribution is 0.102. The fraction of sp³-hybridized carbons (Fsp3) is 0.421. The molecule has 0 bridgehead atoms. The van der Waals surface area contributed by atoms with Gasteiger partial charge in [-0.2, -0.15) is 0 Å². The molecule has 0 unspecified atom stereocenters. The summed E-state index contributed by atoms with van der Waals surface area (Å²) in [4.78, 5) is 15.8. The van der Waals surface area contributed by atoms with Gasteiger partial charge < -0.3 is 9.55 Å². The van der Waals surface area contributed by atoms with E-state index < -0.39 is 0 Å². The number of fused-ring (bicyclic) bond motifs is 1. The van der Waals surface area contributed by atoms with Crippen molar-refractivity contribution in [1.82, 2.24) is 19.7 Å². The van der Waals surface area contributed by atoms with Gasteiger partial charge in [0.1, 0.15) is 5.82 Å².